The molecule has 0 fully saturated rings. The van der Waals surface area contributed by atoms with Crippen LogP contribution >= 0.6 is 15.9 Å². The van der Waals surface area contributed by atoms with Gasteiger partial charge in [0, 0.05) is 4.83 Å². The molecular formula is C15H32BBr. The van der Waals surface area contributed by atoms with Crippen LogP contribution in [0.5, 0.6) is 0 Å². The van der Waals surface area contributed by atoms with Crippen molar-refractivity contribution in [1.82, 2.24) is 0 Å². The topological polar surface area (TPSA) is 0 Å². The number of halogens is 1. The molecule has 0 aliphatic carbocycles. The van der Waals surface area contributed by atoms with E-state index < -0.39 is 0 Å². The molecule has 0 bridgehead atoms. The summed E-state index contributed by atoms with van der Waals surface area (Å²) in [6, 6.07) is 0. The van der Waals surface area contributed by atoms with E-state index in [9.17, 15) is 0 Å². The normalized spacial score (nSPS) is 15.8. The summed E-state index contributed by atoms with van der Waals surface area (Å²) in [7, 11) is 2.29. The lowest BCUT2D eigenvalue weighted by atomic mass is 9.80. The summed E-state index contributed by atoms with van der Waals surface area (Å²) in [4.78, 5) is 0.683. The van der Waals surface area contributed by atoms with Gasteiger partial charge in [-0.05, 0) is 30.6 Å². The predicted octanol–water partition coefficient (Wildman–Crippen LogP) is 5.21. The van der Waals surface area contributed by atoms with E-state index in [-0.39, 0.29) is 0 Å². The van der Waals surface area contributed by atoms with Crippen molar-refractivity contribution in [2.75, 3.05) is 0 Å². The molecule has 2 unspecified atom stereocenters. The predicted molar refractivity (Wildman–Crippen MR) is 87.0 cm³/mol. The lowest BCUT2D eigenvalue weighted by molar-refractivity contribution is 0.276. The maximum absolute atomic E-state index is 3.63. The standard InChI is InChI=1S/C15H32BBr/c1-13(9-12-16)7-5-10-15(3,4)11-6-8-14(2)17/h13-14H,5-12,16H2,1-4H3. The van der Waals surface area contributed by atoms with Gasteiger partial charge in [-0.2, -0.15) is 0 Å². The van der Waals surface area contributed by atoms with Crippen molar-refractivity contribution in [3.63, 3.8) is 0 Å². The van der Waals surface area contributed by atoms with Gasteiger partial charge in [0.1, 0.15) is 7.85 Å². The molecule has 0 heterocycles. The third kappa shape index (κ3) is 11.4. The van der Waals surface area contributed by atoms with Crippen LogP contribution in [-0.4, -0.2) is 12.7 Å². The minimum absolute atomic E-state index is 0.549. The third-order valence-electron chi connectivity index (χ3n) is 3.79. The second-order valence-electron chi connectivity index (χ2n) is 6.62. The van der Waals surface area contributed by atoms with Crippen molar-refractivity contribution in [2.24, 2.45) is 11.3 Å². The highest BCUT2D eigenvalue weighted by atomic mass is 79.9. The fourth-order valence-corrected chi connectivity index (χ4v) is 2.88. The molecule has 0 saturated heterocycles. The third-order valence-corrected chi connectivity index (χ3v) is 4.25. The lowest BCUT2D eigenvalue weighted by Gasteiger charge is -2.25. The van der Waals surface area contributed by atoms with Gasteiger partial charge >= 0.3 is 0 Å². The maximum atomic E-state index is 3.63. The minimum atomic E-state index is 0.549. The van der Waals surface area contributed by atoms with E-state index in [1.807, 2.05) is 0 Å². The van der Waals surface area contributed by atoms with Gasteiger partial charge in [0.2, 0.25) is 0 Å². The molecule has 0 N–H and O–H groups in total. The zero-order chi connectivity index (χ0) is 13.3. The Bertz CT molecular complexity index is 178. The van der Waals surface area contributed by atoms with Crippen LogP contribution in [0.15, 0.2) is 0 Å². The average Bonchev–Trinajstić information content (AvgIpc) is 2.16. The number of alkyl halides is 1. The molecule has 0 amide bonds. The van der Waals surface area contributed by atoms with Crippen molar-refractivity contribution in [2.45, 2.75) is 83.8 Å². The Labute approximate surface area is 119 Å². The van der Waals surface area contributed by atoms with Crippen LogP contribution in [-0.2, 0) is 0 Å². The van der Waals surface area contributed by atoms with Crippen molar-refractivity contribution in [3.05, 3.63) is 0 Å². The summed E-state index contributed by atoms with van der Waals surface area (Å²) in [6.45, 7) is 9.54. The minimum Gasteiger partial charge on any atom is -0.0894 e. The van der Waals surface area contributed by atoms with Crippen molar-refractivity contribution in [3.8, 4) is 0 Å². The fourth-order valence-electron chi connectivity index (χ4n) is 2.55. The summed E-state index contributed by atoms with van der Waals surface area (Å²) < 4.78 is 0. The number of hydrogen-bond donors (Lipinski definition) is 0. The molecule has 0 rings (SSSR count). The van der Waals surface area contributed by atoms with Crippen LogP contribution < -0.4 is 0 Å². The SMILES string of the molecule is BCCC(C)CCCC(C)(C)CCCC(C)Br. The largest absolute Gasteiger partial charge is 0.101 e. The molecule has 0 spiro atoms. The summed E-state index contributed by atoms with van der Waals surface area (Å²) >= 11 is 3.63. The van der Waals surface area contributed by atoms with Gasteiger partial charge in [-0.25, -0.2) is 0 Å². The first-order chi connectivity index (χ1) is 7.87. The Morgan fingerprint density at radius 2 is 1.53 bits per heavy atom. The summed E-state index contributed by atoms with van der Waals surface area (Å²) in [5.74, 6) is 0.929. The second kappa shape index (κ2) is 9.47. The van der Waals surface area contributed by atoms with E-state index in [4.69, 9.17) is 0 Å². The van der Waals surface area contributed by atoms with Crippen LogP contribution in [0, 0.1) is 11.3 Å². The molecule has 0 aliphatic heterocycles. The Balaban J connectivity index is 3.62. The highest BCUT2D eigenvalue weighted by molar-refractivity contribution is 9.09. The van der Waals surface area contributed by atoms with Crippen LogP contribution in [0.4, 0.5) is 0 Å². The monoisotopic (exact) mass is 302 g/mol. The van der Waals surface area contributed by atoms with Gasteiger partial charge in [0.05, 0.1) is 0 Å². The molecule has 2 heteroatoms. The van der Waals surface area contributed by atoms with E-state index in [1.165, 1.54) is 51.3 Å². The molecule has 0 aliphatic rings. The molecular weight excluding hydrogens is 271 g/mol. The van der Waals surface area contributed by atoms with Crippen LogP contribution in [0.25, 0.3) is 0 Å². The molecule has 0 nitrogen and oxygen atoms in total. The highest BCUT2D eigenvalue weighted by Gasteiger charge is 2.17. The second-order valence-corrected chi connectivity index (χ2v) is 8.19. The molecule has 2 atom stereocenters. The van der Waals surface area contributed by atoms with Gasteiger partial charge in [0.25, 0.3) is 0 Å². The van der Waals surface area contributed by atoms with Gasteiger partial charge in [-0.1, -0.05) is 75.6 Å². The quantitative estimate of drug-likeness (QED) is 0.384. The first-order valence-electron chi connectivity index (χ1n) is 7.51. The van der Waals surface area contributed by atoms with E-state index in [0.29, 0.717) is 10.2 Å². The van der Waals surface area contributed by atoms with Gasteiger partial charge in [-0.15, -0.1) is 0 Å². The van der Waals surface area contributed by atoms with Crippen LogP contribution in [0.2, 0.25) is 6.32 Å². The Morgan fingerprint density at radius 1 is 1.00 bits per heavy atom. The summed E-state index contributed by atoms with van der Waals surface area (Å²) in [5, 5.41) is 0. The van der Waals surface area contributed by atoms with E-state index in [0.717, 1.165) is 5.92 Å². The zero-order valence-electron chi connectivity index (χ0n) is 12.7. The van der Waals surface area contributed by atoms with Crippen LogP contribution in [0.3, 0.4) is 0 Å². The number of hydrogen-bond acceptors (Lipinski definition) is 0. The summed E-state index contributed by atoms with van der Waals surface area (Å²) in [5.41, 5.74) is 0.549. The Hall–Kier alpha value is 0.545. The fraction of sp³-hybridized carbons (Fsp3) is 1.00. The summed E-state index contributed by atoms with van der Waals surface area (Å²) in [6.07, 6.45) is 11.0. The lowest BCUT2D eigenvalue weighted by Crippen LogP contribution is -2.12. The zero-order valence-corrected chi connectivity index (χ0v) is 14.3. The van der Waals surface area contributed by atoms with Gasteiger partial charge in [-0.3, -0.25) is 0 Å². The molecule has 0 saturated carbocycles. The highest BCUT2D eigenvalue weighted by Crippen LogP contribution is 2.31. The smallest absolute Gasteiger partial charge is 0.0894 e. The Morgan fingerprint density at radius 3 is 2.00 bits per heavy atom. The van der Waals surface area contributed by atoms with Crippen molar-refractivity contribution < 1.29 is 0 Å². The van der Waals surface area contributed by atoms with E-state index in [2.05, 4.69) is 51.5 Å². The van der Waals surface area contributed by atoms with Crippen LogP contribution in [0.1, 0.15) is 72.6 Å². The number of rotatable bonds is 10. The van der Waals surface area contributed by atoms with Gasteiger partial charge in [0.15, 0.2) is 0 Å². The van der Waals surface area contributed by atoms with E-state index >= 15 is 0 Å². The van der Waals surface area contributed by atoms with Crippen molar-refractivity contribution >= 4 is 23.8 Å². The van der Waals surface area contributed by atoms with E-state index in [1.54, 1.807) is 0 Å². The van der Waals surface area contributed by atoms with Crippen molar-refractivity contribution in [1.29, 1.82) is 0 Å². The molecule has 0 aromatic rings. The molecule has 0 radical (unpaired) electrons. The molecule has 17 heavy (non-hydrogen) atoms. The molecule has 102 valence electrons. The molecule has 0 aromatic heterocycles. The average molecular weight is 303 g/mol. The maximum Gasteiger partial charge on any atom is 0.101 e. The first-order valence-corrected chi connectivity index (χ1v) is 8.43. The Kier molecular flexibility index (Phi) is 9.78. The molecule has 0 aromatic carbocycles. The van der Waals surface area contributed by atoms with Gasteiger partial charge < -0.3 is 0 Å². The first kappa shape index (κ1) is 17.5.